The van der Waals surface area contributed by atoms with Crippen molar-refractivity contribution in [3.05, 3.63) is 51.2 Å². The van der Waals surface area contributed by atoms with Gasteiger partial charge in [0.05, 0.1) is 6.20 Å². The molecule has 2 rings (SSSR count). The van der Waals surface area contributed by atoms with E-state index in [1.54, 1.807) is 18.3 Å². The number of aromatic amines is 1. The molecule has 0 radical (unpaired) electrons. The van der Waals surface area contributed by atoms with E-state index in [1.165, 1.54) is 6.20 Å². The summed E-state index contributed by atoms with van der Waals surface area (Å²) in [5, 5.41) is 2.55. The number of aromatic nitrogens is 3. The number of anilines is 1. The van der Waals surface area contributed by atoms with Crippen molar-refractivity contribution >= 4 is 27.7 Å². The first-order valence-corrected chi connectivity index (χ1v) is 5.42. The predicted molar refractivity (Wildman–Crippen MR) is 64.7 cm³/mol. The Bertz CT molecular complexity index is 574. The van der Waals surface area contributed by atoms with Gasteiger partial charge in [-0.3, -0.25) is 9.59 Å². The molecule has 0 aliphatic rings. The standard InChI is InChI=1S/C10H7BrN4O2/c11-6-1-2-8(13-3-6)15-10(17)7-4-14-9(16)5-12-7/h1-5H,(H,14,16)(H,13,15,17). The largest absolute Gasteiger partial charge is 0.325 e. The average Bonchev–Trinajstić information content (AvgIpc) is 2.33. The molecule has 6 nitrogen and oxygen atoms in total. The lowest BCUT2D eigenvalue weighted by Crippen LogP contribution is -2.17. The lowest BCUT2D eigenvalue weighted by Gasteiger charge is -2.02. The average molecular weight is 295 g/mol. The molecule has 2 aromatic rings. The first kappa shape index (κ1) is 11.5. The fourth-order valence-electron chi connectivity index (χ4n) is 1.10. The van der Waals surface area contributed by atoms with Crippen LogP contribution in [0.15, 0.2) is 40.0 Å². The van der Waals surface area contributed by atoms with Gasteiger partial charge in [0.25, 0.3) is 11.5 Å². The zero-order valence-electron chi connectivity index (χ0n) is 8.48. The lowest BCUT2D eigenvalue weighted by molar-refractivity contribution is 0.102. The first-order chi connectivity index (χ1) is 8.15. The van der Waals surface area contributed by atoms with Crippen LogP contribution in [0.25, 0.3) is 0 Å². The number of hydrogen-bond acceptors (Lipinski definition) is 4. The second kappa shape index (κ2) is 4.88. The van der Waals surface area contributed by atoms with Gasteiger partial charge in [-0.1, -0.05) is 0 Å². The molecule has 2 heterocycles. The molecule has 0 saturated carbocycles. The van der Waals surface area contributed by atoms with E-state index in [4.69, 9.17) is 0 Å². The van der Waals surface area contributed by atoms with Crippen molar-refractivity contribution in [1.82, 2.24) is 15.0 Å². The van der Waals surface area contributed by atoms with Gasteiger partial charge < -0.3 is 10.3 Å². The molecule has 2 N–H and O–H groups in total. The van der Waals surface area contributed by atoms with Crippen LogP contribution in [0.1, 0.15) is 10.5 Å². The Morgan fingerprint density at radius 1 is 1.29 bits per heavy atom. The van der Waals surface area contributed by atoms with Crippen molar-refractivity contribution in [3.63, 3.8) is 0 Å². The van der Waals surface area contributed by atoms with Crippen molar-refractivity contribution in [3.8, 4) is 0 Å². The number of amides is 1. The lowest BCUT2D eigenvalue weighted by atomic mass is 10.4. The van der Waals surface area contributed by atoms with Crippen molar-refractivity contribution in [2.45, 2.75) is 0 Å². The summed E-state index contributed by atoms with van der Waals surface area (Å²) in [6.07, 6.45) is 3.86. The summed E-state index contributed by atoms with van der Waals surface area (Å²) in [5.74, 6) is -0.0257. The zero-order valence-corrected chi connectivity index (χ0v) is 10.1. The number of rotatable bonds is 2. The van der Waals surface area contributed by atoms with Crippen LogP contribution in [-0.4, -0.2) is 20.9 Å². The van der Waals surface area contributed by atoms with E-state index in [0.717, 1.165) is 10.7 Å². The molecule has 0 saturated heterocycles. The van der Waals surface area contributed by atoms with Crippen LogP contribution >= 0.6 is 15.9 Å². The Balaban J connectivity index is 2.14. The molecule has 86 valence electrons. The maximum Gasteiger partial charge on any atom is 0.276 e. The van der Waals surface area contributed by atoms with E-state index in [0.29, 0.717) is 5.82 Å². The second-order valence-electron chi connectivity index (χ2n) is 3.11. The first-order valence-electron chi connectivity index (χ1n) is 4.63. The molecule has 0 spiro atoms. The van der Waals surface area contributed by atoms with Crippen LogP contribution in [0.5, 0.6) is 0 Å². The van der Waals surface area contributed by atoms with Crippen molar-refractivity contribution in [2.24, 2.45) is 0 Å². The monoisotopic (exact) mass is 294 g/mol. The van der Waals surface area contributed by atoms with Gasteiger partial charge in [0.2, 0.25) is 0 Å². The van der Waals surface area contributed by atoms with Crippen LogP contribution < -0.4 is 10.9 Å². The summed E-state index contributed by atoms with van der Waals surface area (Å²) >= 11 is 3.24. The van der Waals surface area contributed by atoms with Crippen LogP contribution in [0.4, 0.5) is 5.82 Å². The van der Waals surface area contributed by atoms with Gasteiger partial charge in [0.1, 0.15) is 11.5 Å². The summed E-state index contributed by atoms with van der Waals surface area (Å²) in [5.41, 5.74) is -0.238. The Hall–Kier alpha value is -2.02. The number of halogens is 1. The Labute approximate surface area is 104 Å². The fraction of sp³-hybridized carbons (Fsp3) is 0. The number of nitrogens with one attached hydrogen (secondary N) is 2. The van der Waals surface area contributed by atoms with Crippen molar-refractivity contribution in [2.75, 3.05) is 5.32 Å². The fourth-order valence-corrected chi connectivity index (χ4v) is 1.33. The highest BCUT2D eigenvalue weighted by atomic mass is 79.9. The zero-order chi connectivity index (χ0) is 12.3. The number of H-pyrrole nitrogens is 1. The Kier molecular flexibility index (Phi) is 3.29. The van der Waals surface area contributed by atoms with E-state index in [9.17, 15) is 9.59 Å². The summed E-state index contributed by atoms with van der Waals surface area (Å²) in [4.78, 5) is 32.5. The maximum atomic E-state index is 11.7. The summed E-state index contributed by atoms with van der Waals surface area (Å²) in [7, 11) is 0. The smallest absolute Gasteiger partial charge is 0.276 e. The molecule has 2 aromatic heterocycles. The van der Waals surface area contributed by atoms with Crippen LogP contribution in [0.3, 0.4) is 0 Å². The topological polar surface area (TPSA) is 87.7 Å². The van der Waals surface area contributed by atoms with E-state index in [-0.39, 0.29) is 11.3 Å². The van der Waals surface area contributed by atoms with Gasteiger partial charge in [0.15, 0.2) is 0 Å². The second-order valence-corrected chi connectivity index (χ2v) is 4.03. The molecule has 7 heteroatoms. The minimum atomic E-state index is -0.434. The normalized spacial score (nSPS) is 9.94. The van der Waals surface area contributed by atoms with Crippen molar-refractivity contribution in [1.29, 1.82) is 0 Å². The number of carbonyl (C=O) groups is 1. The van der Waals surface area contributed by atoms with Crippen molar-refractivity contribution < 1.29 is 4.79 Å². The number of nitrogens with zero attached hydrogens (tertiary/aromatic N) is 2. The molecular formula is C10H7BrN4O2. The number of hydrogen-bond donors (Lipinski definition) is 2. The highest BCUT2D eigenvalue weighted by Crippen LogP contribution is 2.10. The van der Waals surface area contributed by atoms with E-state index < -0.39 is 5.91 Å². The minimum absolute atomic E-state index is 0.120. The summed E-state index contributed by atoms with van der Waals surface area (Å²) in [6.45, 7) is 0. The molecule has 0 unspecified atom stereocenters. The molecule has 0 bridgehead atoms. The molecule has 1 amide bonds. The Morgan fingerprint density at radius 3 is 2.71 bits per heavy atom. The molecule has 0 atom stereocenters. The third-order valence-corrected chi connectivity index (χ3v) is 2.34. The quantitative estimate of drug-likeness (QED) is 0.871. The molecule has 0 aliphatic carbocycles. The third kappa shape index (κ3) is 2.97. The highest BCUT2D eigenvalue weighted by Gasteiger charge is 2.07. The highest BCUT2D eigenvalue weighted by molar-refractivity contribution is 9.10. The van der Waals surface area contributed by atoms with Gasteiger partial charge in [0, 0.05) is 16.9 Å². The van der Waals surface area contributed by atoms with Crippen LogP contribution in [-0.2, 0) is 0 Å². The van der Waals surface area contributed by atoms with E-state index in [1.807, 2.05) is 0 Å². The minimum Gasteiger partial charge on any atom is -0.325 e. The SMILES string of the molecule is O=C(Nc1ccc(Br)cn1)c1c[nH]c(=O)cn1. The van der Waals surface area contributed by atoms with Gasteiger partial charge in [-0.15, -0.1) is 0 Å². The summed E-state index contributed by atoms with van der Waals surface area (Å²) < 4.78 is 0.817. The third-order valence-electron chi connectivity index (χ3n) is 1.87. The molecule has 17 heavy (non-hydrogen) atoms. The number of carbonyl (C=O) groups excluding carboxylic acids is 1. The van der Waals surface area contributed by atoms with Crippen LogP contribution in [0.2, 0.25) is 0 Å². The maximum absolute atomic E-state index is 11.7. The Morgan fingerprint density at radius 2 is 2.12 bits per heavy atom. The van der Waals surface area contributed by atoms with Gasteiger partial charge in [-0.05, 0) is 28.1 Å². The molecular weight excluding hydrogens is 288 g/mol. The number of pyridine rings is 1. The van der Waals surface area contributed by atoms with Gasteiger partial charge >= 0.3 is 0 Å². The van der Waals surface area contributed by atoms with E-state index in [2.05, 4.69) is 36.2 Å². The summed E-state index contributed by atoms with van der Waals surface area (Å²) in [6, 6.07) is 3.40. The van der Waals surface area contributed by atoms with Gasteiger partial charge in [-0.25, -0.2) is 9.97 Å². The van der Waals surface area contributed by atoms with Gasteiger partial charge in [-0.2, -0.15) is 0 Å². The molecule has 0 fully saturated rings. The predicted octanol–water partition coefficient (Wildman–Crippen LogP) is 1.18. The molecule has 0 aromatic carbocycles. The van der Waals surface area contributed by atoms with E-state index >= 15 is 0 Å². The van der Waals surface area contributed by atoms with Crippen LogP contribution in [0, 0.1) is 0 Å². The molecule has 0 aliphatic heterocycles.